The highest BCUT2D eigenvalue weighted by atomic mass is 16.7. The summed E-state index contributed by atoms with van der Waals surface area (Å²) in [5, 5.41) is 11.6. The number of benzene rings is 2. The van der Waals surface area contributed by atoms with Crippen molar-refractivity contribution < 1.29 is 9.94 Å². The molecule has 0 saturated carbocycles. The summed E-state index contributed by atoms with van der Waals surface area (Å²) >= 11 is 0. The van der Waals surface area contributed by atoms with Crippen molar-refractivity contribution >= 4 is 6.34 Å². The number of hydrogen-bond acceptors (Lipinski definition) is 4. The number of phenols is 1. The molecule has 0 aliphatic carbocycles. The van der Waals surface area contributed by atoms with Crippen molar-refractivity contribution in [2.45, 2.75) is 12.6 Å². The molecule has 0 fully saturated rings. The van der Waals surface area contributed by atoms with Gasteiger partial charge in [-0.3, -0.25) is 4.84 Å². The first-order valence-electron chi connectivity index (χ1n) is 6.97. The van der Waals surface area contributed by atoms with E-state index in [2.05, 4.69) is 4.99 Å². The monoisotopic (exact) mass is 299 g/mol. The molecule has 1 atom stereocenters. The van der Waals surface area contributed by atoms with Crippen LogP contribution in [0.1, 0.15) is 12.5 Å². The number of phenolic OH excluding ortho intramolecular Hbond substituents is 1. The molecule has 0 aliphatic rings. The second kappa shape index (κ2) is 6.60. The third-order valence-corrected chi connectivity index (χ3v) is 3.29. The Bertz CT molecular complexity index is 670. The fourth-order valence-electron chi connectivity index (χ4n) is 2.34. The number of hydroxylamine groups is 2. The van der Waals surface area contributed by atoms with E-state index in [1.165, 1.54) is 6.34 Å². The first-order chi connectivity index (χ1) is 10.5. The highest BCUT2D eigenvalue weighted by Crippen LogP contribution is 2.33. The number of aromatic hydroxyl groups is 1. The minimum Gasteiger partial charge on any atom is -0.507 e. The first-order valence-corrected chi connectivity index (χ1v) is 6.97. The normalized spacial score (nSPS) is 14.4. The summed E-state index contributed by atoms with van der Waals surface area (Å²) in [6, 6.07) is 14.9. The third-order valence-electron chi connectivity index (χ3n) is 3.29. The quantitative estimate of drug-likeness (QED) is 0.506. The molecule has 1 unspecified atom stereocenters. The summed E-state index contributed by atoms with van der Waals surface area (Å²) in [6.07, 6.45) is 1.23. The van der Waals surface area contributed by atoms with Gasteiger partial charge < -0.3 is 10.8 Å². The molecule has 0 spiro atoms. The summed E-state index contributed by atoms with van der Waals surface area (Å²) in [5.74, 6) is 0.234. The molecule has 3 N–H and O–H groups in total. The van der Waals surface area contributed by atoms with Crippen LogP contribution in [0, 0.1) is 0 Å². The number of hydrogen-bond donors (Lipinski definition) is 2. The Morgan fingerprint density at radius 1 is 1.18 bits per heavy atom. The maximum atomic E-state index is 10.0. The Labute approximate surface area is 130 Å². The fourth-order valence-corrected chi connectivity index (χ4v) is 2.34. The third kappa shape index (κ3) is 3.44. The molecule has 2 aromatic carbocycles. The Morgan fingerprint density at radius 2 is 1.91 bits per heavy atom. The average Bonchev–Trinajstić information content (AvgIpc) is 2.47. The van der Waals surface area contributed by atoms with Crippen LogP contribution in [0.5, 0.6) is 5.75 Å². The van der Waals surface area contributed by atoms with Crippen LogP contribution in [0.15, 0.2) is 53.5 Å². The van der Waals surface area contributed by atoms with Gasteiger partial charge in [-0.15, -0.1) is 0 Å². The molecule has 5 nitrogen and oxygen atoms in total. The molecular weight excluding hydrogens is 278 g/mol. The van der Waals surface area contributed by atoms with E-state index in [-0.39, 0.29) is 5.75 Å². The smallest absolute Gasteiger partial charge is 0.203 e. The van der Waals surface area contributed by atoms with Gasteiger partial charge in [0.05, 0.1) is 6.34 Å². The number of nitrogens with two attached hydrogens (primary N) is 1. The molecule has 0 bridgehead atoms. The van der Waals surface area contributed by atoms with Gasteiger partial charge in [0.1, 0.15) is 5.75 Å². The molecule has 0 radical (unpaired) electrons. The molecule has 2 aromatic rings. The molecule has 22 heavy (non-hydrogen) atoms. The average molecular weight is 299 g/mol. The molecule has 116 valence electrons. The zero-order valence-electron chi connectivity index (χ0n) is 13.0. The lowest BCUT2D eigenvalue weighted by Crippen LogP contribution is -2.31. The Balaban J connectivity index is 2.49. The van der Waals surface area contributed by atoms with E-state index >= 15 is 0 Å². The second-order valence-corrected chi connectivity index (χ2v) is 5.26. The minimum atomic E-state index is -0.932. The number of para-hydroxylation sites is 1. The minimum absolute atomic E-state index is 0.234. The van der Waals surface area contributed by atoms with Gasteiger partial charge in [-0.25, -0.2) is 4.99 Å². The van der Waals surface area contributed by atoms with Gasteiger partial charge >= 0.3 is 0 Å². The van der Waals surface area contributed by atoms with E-state index in [1.54, 1.807) is 31.3 Å². The van der Waals surface area contributed by atoms with Crippen molar-refractivity contribution in [3.63, 3.8) is 0 Å². The number of nitrogens with zero attached hydrogens (tertiary/aromatic N) is 2. The molecular formula is C17H21N3O2. The van der Waals surface area contributed by atoms with Crippen LogP contribution in [0.25, 0.3) is 11.1 Å². The first kappa shape index (κ1) is 16.0. The lowest BCUT2D eigenvalue weighted by Gasteiger charge is -2.29. The highest BCUT2D eigenvalue weighted by Gasteiger charge is 2.28. The van der Waals surface area contributed by atoms with Crippen LogP contribution in [0.3, 0.4) is 0 Å². The van der Waals surface area contributed by atoms with E-state index in [4.69, 9.17) is 10.6 Å². The van der Waals surface area contributed by atoms with E-state index in [0.29, 0.717) is 0 Å². The van der Waals surface area contributed by atoms with Crippen molar-refractivity contribution in [3.05, 3.63) is 54.1 Å². The molecule has 0 aromatic heterocycles. The maximum Gasteiger partial charge on any atom is 0.203 e. The SMILES string of the molecule is CN(C)OC(C)(/N=C/N)c1cccc(-c2ccccc2O)c1. The van der Waals surface area contributed by atoms with Crippen LogP contribution in [-0.4, -0.2) is 30.6 Å². The topological polar surface area (TPSA) is 71.1 Å². The Morgan fingerprint density at radius 3 is 2.55 bits per heavy atom. The van der Waals surface area contributed by atoms with Crippen LogP contribution in [-0.2, 0) is 10.6 Å². The predicted molar refractivity (Wildman–Crippen MR) is 88.3 cm³/mol. The summed E-state index contributed by atoms with van der Waals surface area (Å²) in [5.41, 5.74) is 7.02. The predicted octanol–water partition coefficient (Wildman–Crippen LogP) is 2.71. The standard InChI is InChI=1S/C17H21N3O2/c1-17(19-12-18,22-20(2)3)14-8-6-7-13(11-14)15-9-4-5-10-16(15)21/h4-12,21H,1-3H3,(H2,18,19). The molecule has 5 heteroatoms. The van der Waals surface area contributed by atoms with E-state index < -0.39 is 5.72 Å². The summed E-state index contributed by atoms with van der Waals surface area (Å²) in [6.45, 7) is 1.83. The van der Waals surface area contributed by atoms with Crippen LogP contribution < -0.4 is 5.73 Å². The van der Waals surface area contributed by atoms with Crippen molar-refractivity contribution in [1.82, 2.24) is 5.06 Å². The van der Waals surface area contributed by atoms with Gasteiger partial charge in [0.2, 0.25) is 5.72 Å². The lowest BCUT2D eigenvalue weighted by molar-refractivity contribution is -0.215. The van der Waals surface area contributed by atoms with Gasteiger partial charge in [-0.05, 0) is 24.6 Å². The summed E-state index contributed by atoms with van der Waals surface area (Å²) in [7, 11) is 3.58. The van der Waals surface area contributed by atoms with Crippen molar-refractivity contribution in [2.75, 3.05) is 14.1 Å². The molecule has 0 saturated heterocycles. The fraction of sp³-hybridized carbons (Fsp3) is 0.235. The molecule has 0 heterocycles. The Kier molecular flexibility index (Phi) is 4.80. The molecule has 0 amide bonds. The summed E-state index contributed by atoms with van der Waals surface area (Å²) in [4.78, 5) is 10.0. The zero-order chi connectivity index (χ0) is 16.2. The second-order valence-electron chi connectivity index (χ2n) is 5.26. The van der Waals surface area contributed by atoms with Gasteiger partial charge in [-0.2, -0.15) is 5.06 Å². The van der Waals surface area contributed by atoms with Gasteiger partial charge in [0.25, 0.3) is 0 Å². The molecule has 2 rings (SSSR count). The van der Waals surface area contributed by atoms with Crippen molar-refractivity contribution in [2.24, 2.45) is 10.7 Å². The van der Waals surface area contributed by atoms with Crippen LogP contribution in [0.4, 0.5) is 0 Å². The zero-order valence-corrected chi connectivity index (χ0v) is 13.0. The van der Waals surface area contributed by atoms with Crippen LogP contribution >= 0.6 is 0 Å². The van der Waals surface area contributed by atoms with E-state index in [1.807, 2.05) is 43.3 Å². The number of aliphatic imine (C=N–C) groups is 1. The lowest BCUT2D eigenvalue weighted by atomic mass is 9.98. The molecule has 0 aliphatic heterocycles. The summed E-state index contributed by atoms with van der Waals surface area (Å²) < 4.78 is 0. The highest BCUT2D eigenvalue weighted by molar-refractivity contribution is 5.70. The van der Waals surface area contributed by atoms with Crippen molar-refractivity contribution in [3.8, 4) is 16.9 Å². The van der Waals surface area contributed by atoms with Gasteiger partial charge in [-0.1, -0.05) is 36.4 Å². The van der Waals surface area contributed by atoms with Gasteiger partial charge in [0.15, 0.2) is 0 Å². The van der Waals surface area contributed by atoms with Crippen molar-refractivity contribution in [1.29, 1.82) is 0 Å². The van der Waals surface area contributed by atoms with Gasteiger partial charge in [0, 0.05) is 25.2 Å². The van der Waals surface area contributed by atoms with Crippen LogP contribution in [0.2, 0.25) is 0 Å². The van der Waals surface area contributed by atoms with E-state index in [0.717, 1.165) is 16.7 Å². The van der Waals surface area contributed by atoms with E-state index in [9.17, 15) is 5.11 Å². The largest absolute Gasteiger partial charge is 0.507 e. The maximum absolute atomic E-state index is 10.0. The Hall–Kier alpha value is -2.37. The number of rotatable bonds is 5.